The van der Waals surface area contributed by atoms with E-state index in [4.69, 9.17) is 0 Å². The molecule has 1 unspecified atom stereocenters. The molecule has 1 heteroatoms. The summed E-state index contributed by atoms with van der Waals surface area (Å²) in [6.45, 7) is 10.9. The number of rotatable bonds is 0. The summed E-state index contributed by atoms with van der Waals surface area (Å²) in [5.41, 5.74) is 4.03. The van der Waals surface area contributed by atoms with Gasteiger partial charge in [0, 0.05) is 17.3 Å². The van der Waals surface area contributed by atoms with Crippen molar-refractivity contribution in [1.82, 2.24) is 5.32 Å². The fourth-order valence-corrected chi connectivity index (χ4v) is 2.07. The van der Waals surface area contributed by atoms with Crippen molar-refractivity contribution in [3.8, 4) is 0 Å². The van der Waals surface area contributed by atoms with E-state index >= 15 is 0 Å². The molecule has 1 aromatic rings. The summed E-state index contributed by atoms with van der Waals surface area (Å²) in [5.74, 6) is 0. The minimum absolute atomic E-state index is 0.274. The summed E-state index contributed by atoms with van der Waals surface area (Å²) in [7, 11) is 0. The van der Waals surface area contributed by atoms with E-state index in [0.29, 0.717) is 6.04 Å². The van der Waals surface area contributed by atoms with Crippen molar-refractivity contribution in [1.29, 1.82) is 0 Å². The zero-order valence-corrected chi connectivity index (χ0v) is 9.80. The normalized spacial score (nSPS) is 20.7. The lowest BCUT2D eigenvalue weighted by molar-refractivity contribution is 0.287. The van der Waals surface area contributed by atoms with E-state index in [-0.39, 0.29) is 5.41 Å². The second-order valence-corrected chi connectivity index (χ2v) is 5.40. The van der Waals surface area contributed by atoms with Gasteiger partial charge in [0.15, 0.2) is 0 Å². The number of benzene rings is 1. The van der Waals surface area contributed by atoms with Crippen LogP contribution in [0.4, 0.5) is 0 Å². The van der Waals surface area contributed by atoms with Gasteiger partial charge in [-0.15, -0.1) is 0 Å². The molecule has 2 rings (SSSR count). The van der Waals surface area contributed by atoms with Gasteiger partial charge in [0.25, 0.3) is 0 Å². The van der Waals surface area contributed by atoms with Gasteiger partial charge in [-0.1, -0.05) is 51.6 Å². The number of fused-ring (bicyclic) bond motifs is 1. The highest BCUT2D eigenvalue weighted by atomic mass is 15.0. The Labute approximate surface area is 92.2 Å². The van der Waals surface area contributed by atoms with Gasteiger partial charge in [-0.25, -0.2) is 0 Å². The standard InChI is InChI=1S/C14H19N/c1-10-12-8-6-5-7-11(12)9-13(15-10)14(2,3)4/h5-8,13,15H,1,9H2,2-4H3. The third-order valence-electron chi connectivity index (χ3n) is 3.16. The Kier molecular flexibility index (Phi) is 2.34. The van der Waals surface area contributed by atoms with Crippen molar-refractivity contribution < 1.29 is 0 Å². The highest BCUT2D eigenvalue weighted by Crippen LogP contribution is 2.31. The van der Waals surface area contributed by atoms with Crippen LogP contribution in [0.25, 0.3) is 5.70 Å². The van der Waals surface area contributed by atoms with E-state index in [1.807, 2.05) is 0 Å². The quantitative estimate of drug-likeness (QED) is 0.679. The molecule has 1 nitrogen and oxygen atoms in total. The fraction of sp³-hybridized carbons (Fsp3) is 0.429. The van der Waals surface area contributed by atoms with Gasteiger partial charge in [-0.3, -0.25) is 0 Å². The van der Waals surface area contributed by atoms with Crippen LogP contribution in [0.1, 0.15) is 31.9 Å². The van der Waals surface area contributed by atoms with Gasteiger partial charge >= 0.3 is 0 Å². The average molecular weight is 201 g/mol. The minimum atomic E-state index is 0.274. The smallest absolute Gasteiger partial charge is 0.0350 e. The largest absolute Gasteiger partial charge is 0.381 e. The van der Waals surface area contributed by atoms with Crippen LogP contribution in [-0.2, 0) is 6.42 Å². The van der Waals surface area contributed by atoms with Gasteiger partial charge in [0.1, 0.15) is 0 Å². The molecule has 0 amide bonds. The monoisotopic (exact) mass is 201 g/mol. The van der Waals surface area contributed by atoms with Crippen LogP contribution in [0.3, 0.4) is 0 Å². The highest BCUT2D eigenvalue weighted by Gasteiger charge is 2.29. The van der Waals surface area contributed by atoms with E-state index in [9.17, 15) is 0 Å². The van der Waals surface area contributed by atoms with Crippen LogP contribution in [0.5, 0.6) is 0 Å². The van der Waals surface area contributed by atoms with Gasteiger partial charge in [-0.05, 0) is 17.4 Å². The fourth-order valence-electron chi connectivity index (χ4n) is 2.07. The first-order chi connectivity index (χ1) is 6.98. The Balaban J connectivity index is 2.35. The summed E-state index contributed by atoms with van der Waals surface area (Å²) < 4.78 is 0. The Bertz CT molecular complexity index is 385. The molecule has 1 aliphatic rings. The van der Waals surface area contributed by atoms with Crippen LogP contribution >= 0.6 is 0 Å². The second kappa shape index (κ2) is 3.41. The molecule has 0 fully saturated rings. The van der Waals surface area contributed by atoms with Gasteiger partial charge in [0.05, 0.1) is 0 Å². The first kappa shape index (κ1) is 10.3. The van der Waals surface area contributed by atoms with Crippen molar-refractivity contribution in [2.45, 2.75) is 33.2 Å². The number of hydrogen-bond donors (Lipinski definition) is 1. The topological polar surface area (TPSA) is 12.0 Å². The Hall–Kier alpha value is -1.24. The Morgan fingerprint density at radius 2 is 1.93 bits per heavy atom. The second-order valence-electron chi connectivity index (χ2n) is 5.40. The Morgan fingerprint density at radius 1 is 1.27 bits per heavy atom. The van der Waals surface area contributed by atoms with Crippen molar-refractivity contribution >= 4 is 5.70 Å². The van der Waals surface area contributed by atoms with Crippen molar-refractivity contribution in [2.24, 2.45) is 5.41 Å². The lowest BCUT2D eigenvalue weighted by Crippen LogP contribution is -2.43. The lowest BCUT2D eigenvalue weighted by atomic mass is 9.79. The SMILES string of the molecule is C=C1NC(C(C)(C)C)Cc2ccccc21. The minimum Gasteiger partial charge on any atom is -0.381 e. The first-order valence-electron chi connectivity index (χ1n) is 5.52. The van der Waals surface area contributed by atoms with Crippen LogP contribution in [0.15, 0.2) is 30.8 Å². The molecule has 80 valence electrons. The Morgan fingerprint density at radius 3 is 2.60 bits per heavy atom. The van der Waals surface area contributed by atoms with Gasteiger partial charge < -0.3 is 5.32 Å². The molecule has 1 aromatic carbocycles. The van der Waals surface area contributed by atoms with Gasteiger partial charge in [-0.2, -0.15) is 0 Å². The van der Waals surface area contributed by atoms with Crippen molar-refractivity contribution in [3.05, 3.63) is 42.0 Å². The molecular formula is C14H19N. The molecule has 1 aliphatic heterocycles. The summed E-state index contributed by atoms with van der Waals surface area (Å²) >= 11 is 0. The molecule has 1 heterocycles. The summed E-state index contributed by atoms with van der Waals surface area (Å²) in [6.07, 6.45) is 1.10. The molecule has 0 saturated carbocycles. The molecular weight excluding hydrogens is 182 g/mol. The van der Waals surface area contributed by atoms with Gasteiger partial charge in [0.2, 0.25) is 0 Å². The first-order valence-corrected chi connectivity index (χ1v) is 5.52. The molecule has 0 bridgehead atoms. The van der Waals surface area contributed by atoms with E-state index in [0.717, 1.165) is 12.1 Å². The van der Waals surface area contributed by atoms with Crippen LogP contribution in [0.2, 0.25) is 0 Å². The molecule has 0 saturated heterocycles. The maximum Gasteiger partial charge on any atom is 0.0350 e. The van der Waals surface area contributed by atoms with Crippen molar-refractivity contribution in [2.75, 3.05) is 0 Å². The summed E-state index contributed by atoms with van der Waals surface area (Å²) in [5, 5.41) is 3.52. The van der Waals surface area contributed by atoms with E-state index < -0.39 is 0 Å². The van der Waals surface area contributed by atoms with E-state index in [2.05, 4.69) is 56.9 Å². The molecule has 1 N–H and O–H groups in total. The maximum atomic E-state index is 4.11. The molecule has 1 atom stereocenters. The maximum absolute atomic E-state index is 4.11. The van der Waals surface area contributed by atoms with Crippen molar-refractivity contribution in [3.63, 3.8) is 0 Å². The van der Waals surface area contributed by atoms with Crippen LogP contribution in [0, 0.1) is 5.41 Å². The highest BCUT2D eigenvalue weighted by molar-refractivity contribution is 5.67. The molecule has 0 aliphatic carbocycles. The molecule has 0 radical (unpaired) electrons. The predicted molar refractivity (Wildman–Crippen MR) is 65.6 cm³/mol. The third-order valence-corrected chi connectivity index (χ3v) is 3.16. The third kappa shape index (κ3) is 1.92. The zero-order valence-electron chi connectivity index (χ0n) is 9.80. The number of nitrogens with one attached hydrogen (secondary N) is 1. The number of hydrogen-bond acceptors (Lipinski definition) is 1. The predicted octanol–water partition coefficient (Wildman–Crippen LogP) is 3.22. The zero-order chi connectivity index (χ0) is 11.1. The summed E-state index contributed by atoms with van der Waals surface area (Å²) in [6, 6.07) is 9.02. The summed E-state index contributed by atoms with van der Waals surface area (Å²) in [4.78, 5) is 0. The molecule has 0 spiro atoms. The molecule has 15 heavy (non-hydrogen) atoms. The average Bonchev–Trinajstić information content (AvgIpc) is 2.16. The lowest BCUT2D eigenvalue weighted by Gasteiger charge is -2.37. The molecule has 0 aromatic heterocycles. The van der Waals surface area contributed by atoms with E-state index in [1.54, 1.807) is 0 Å². The van der Waals surface area contributed by atoms with E-state index in [1.165, 1.54) is 11.1 Å². The van der Waals surface area contributed by atoms with Crippen LogP contribution < -0.4 is 5.32 Å². The van der Waals surface area contributed by atoms with Crippen LogP contribution in [-0.4, -0.2) is 6.04 Å².